The van der Waals surface area contributed by atoms with Crippen molar-refractivity contribution < 1.29 is 23.0 Å². The molecule has 0 saturated carbocycles. The zero-order valence-electron chi connectivity index (χ0n) is 18.6. The molecule has 176 valence electrons. The van der Waals surface area contributed by atoms with Crippen molar-refractivity contribution in [3.63, 3.8) is 0 Å². The molecule has 1 aliphatic heterocycles. The maximum atomic E-state index is 12.6. The van der Waals surface area contributed by atoms with Crippen LogP contribution >= 0.6 is 0 Å². The van der Waals surface area contributed by atoms with Crippen LogP contribution in [0.15, 0.2) is 29.3 Å². The third-order valence-corrected chi connectivity index (χ3v) is 4.98. The summed E-state index contributed by atoms with van der Waals surface area (Å²) in [5, 5.41) is 16.8. The molecule has 9 heteroatoms. The van der Waals surface area contributed by atoms with Gasteiger partial charge in [-0.1, -0.05) is 13.8 Å². The van der Waals surface area contributed by atoms with Crippen molar-refractivity contribution in [2.24, 2.45) is 10.9 Å². The molecule has 0 radical (unpaired) electrons. The summed E-state index contributed by atoms with van der Waals surface area (Å²) in [6, 6.07) is 4.74. The van der Waals surface area contributed by atoms with E-state index in [1.54, 1.807) is 0 Å². The van der Waals surface area contributed by atoms with Gasteiger partial charge in [-0.25, -0.2) is 0 Å². The Morgan fingerprint density at radius 3 is 2.42 bits per heavy atom. The molecule has 1 fully saturated rings. The Balaban J connectivity index is 1.78. The number of alkyl halides is 3. The number of benzene rings is 1. The first kappa shape index (κ1) is 25.3. The number of rotatable bonds is 9. The molecule has 0 bridgehead atoms. The first-order valence-electron chi connectivity index (χ1n) is 10.9. The van der Waals surface area contributed by atoms with Crippen LogP contribution in [-0.4, -0.2) is 67.4 Å². The van der Waals surface area contributed by atoms with Crippen LogP contribution in [0.25, 0.3) is 0 Å². The second-order valence-corrected chi connectivity index (χ2v) is 8.32. The number of aliphatic hydroxyl groups excluding tert-OH is 1. The van der Waals surface area contributed by atoms with Gasteiger partial charge in [0.25, 0.3) is 0 Å². The Labute approximate surface area is 182 Å². The lowest BCUT2D eigenvalue weighted by Gasteiger charge is -2.34. The topological polar surface area (TPSA) is 69.1 Å². The third-order valence-electron chi connectivity index (χ3n) is 4.98. The minimum absolute atomic E-state index is 0.0537. The van der Waals surface area contributed by atoms with Crippen LogP contribution in [0.1, 0.15) is 39.2 Å². The van der Waals surface area contributed by atoms with Crippen molar-refractivity contribution in [1.29, 1.82) is 0 Å². The molecule has 31 heavy (non-hydrogen) atoms. The molecule has 0 aliphatic carbocycles. The standard InChI is InChI=1S/C22H35F3N4O2/c1-4-26-21(28-18-9-11-29(12-10-18)14-16(2)3)27-13-19(30)15-31-20-7-5-17(6-8-20)22(23,24)25/h5-8,16,18-19,30H,4,9-15H2,1-3H3,(H2,26,27,28). The van der Waals surface area contributed by atoms with Crippen LogP contribution in [-0.2, 0) is 6.18 Å². The lowest BCUT2D eigenvalue weighted by Crippen LogP contribution is -2.49. The summed E-state index contributed by atoms with van der Waals surface area (Å²) in [5.41, 5.74) is -0.735. The summed E-state index contributed by atoms with van der Waals surface area (Å²) in [4.78, 5) is 6.92. The fourth-order valence-electron chi connectivity index (χ4n) is 3.47. The van der Waals surface area contributed by atoms with E-state index in [0.717, 1.165) is 44.6 Å². The summed E-state index contributed by atoms with van der Waals surface area (Å²) in [7, 11) is 0. The van der Waals surface area contributed by atoms with E-state index in [-0.39, 0.29) is 18.9 Å². The lowest BCUT2D eigenvalue weighted by molar-refractivity contribution is -0.137. The Kier molecular flexibility index (Phi) is 9.90. The molecule has 0 spiro atoms. The van der Waals surface area contributed by atoms with Crippen molar-refractivity contribution in [1.82, 2.24) is 15.5 Å². The Morgan fingerprint density at radius 1 is 1.23 bits per heavy atom. The molecule has 2 rings (SSSR count). The fraction of sp³-hybridized carbons (Fsp3) is 0.682. The van der Waals surface area contributed by atoms with Gasteiger partial charge in [-0.2, -0.15) is 13.2 Å². The van der Waals surface area contributed by atoms with E-state index >= 15 is 0 Å². The maximum Gasteiger partial charge on any atom is 0.416 e. The smallest absolute Gasteiger partial charge is 0.416 e. The number of nitrogens with one attached hydrogen (secondary N) is 2. The minimum Gasteiger partial charge on any atom is -0.491 e. The second kappa shape index (κ2) is 12.1. The van der Waals surface area contributed by atoms with E-state index in [0.29, 0.717) is 24.5 Å². The van der Waals surface area contributed by atoms with Gasteiger partial charge >= 0.3 is 6.18 Å². The number of guanidine groups is 1. The van der Waals surface area contributed by atoms with Gasteiger partial charge in [0.05, 0.1) is 12.1 Å². The highest BCUT2D eigenvalue weighted by molar-refractivity contribution is 5.80. The van der Waals surface area contributed by atoms with Crippen molar-refractivity contribution in [2.75, 3.05) is 39.3 Å². The molecule has 1 heterocycles. The highest BCUT2D eigenvalue weighted by atomic mass is 19.4. The Morgan fingerprint density at radius 2 is 1.87 bits per heavy atom. The number of piperidine rings is 1. The highest BCUT2D eigenvalue weighted by Gasteiger charge is 2.30. The SMILES string of the molecule is CCNC(=NCC(O)COc1ccc(C(F)(F)F)cc1)NC1CCN(CC(C)C)CC1. The number of halogens is 3. The van der Waals surface area contributed by atoms with Crippen LogP contribution in [0.4, 0.5) is 13.2 Å². The summed E-state index contributed by atoms with van der Waals surface area (Å²) in [6.45, 7) is 10.4. The van der Waals surface area contributed by atoms with Crippen molar-refractivity contribution in [3.8, 4) is 5.75 Å². The van der Waals surface area contributed by atoms with Gasteiger partial charge in [0.1, 0.15) is 18.5 Å². The van der Waals surface area contributed by atoms with Crippen LogP contribution < -0.4 is 15.4 Å². The molecular weight excluding hydrogens is 409 g/mol. The zero-order valence-corrected chi connectivity index (χ0v) is 18.6. The largest absolute Gasteiger partial charge is 0.491 e. The van der Waals surface area contributed by atoms with Gasteiger partial charge in [0.2, 0.25) is 0 Å². The molecule has 1 aromatic carbocycles. The van der Waals surface area contributed by atoms with Crippen molar-refractivity contribution in [2.45, 2.75) is 51.9 Å². The van der Waals surface area contributed by atoms with Crippen LogP contribution in [0.2, 0.25) is 0 Å². The molecule has 3 N–H and O–H groups in total. The number of nitrogens with zero attached hydrogens (tertiary/aromatic N) is 2. The molecule has 1 saturated heterocycles. The Hall–Kier alpha value is -2.00. The molecule has 1 aliphatic rings. The van der Waals surface area contributed by atoms with E-state index in [2.05, 4.69) is 34.4 Å². The maximum absolute atomic E-state index is 12.6. The third kappa shape index (κ3) is 9.35. The minimum atomic E-state index is -4.38. The number of ether oxygens (including phenoxy) is 1. The normalized spacial score (nSPS) is 17.6. The first-order valence-corrected chi connectivity index (χ1v) is 10.9. The molecular formula is C22H35F3N4O2. The van der Waals surface area contributed by atoms with Crippen LogP contribution in [0.3, 0.4) is 0 Å². The van der Waals surface area contributed by atoms with Gasteiger partial charge in [0, 0.05) is 32.2 Å². The van der Waals surface area contributed by atoms with Gasteiger partial charge in [-0.05, 0) is 49.9 Å². The molecule has 0 amide bonds. The highest BCUT2D eigenvalue weighted by Crippen LogP contribution is 2.30. The molecule has 6 nitrogen and oxygen atoms in total. The number of hydrogen-bond acceptors (Lipinski definition) is 4. The van der Waals surface area contributed by atoms with Crippen LogP contribution in [0.5, 0.6) is 5.75 Å². The van der Waals surface area contributed by atoms with Crippen molar-refractivity contribution in [3.05, 3.63) is 29.8 Å². The van der Waals surface area contributed by atoms with Gasteiger partial charge in [-0.15, -0.1) is 0 Å². The average molecular weight is 445 g/mol. The summed E-state index contributed by atoms with van der Waals surface area (Å²) in [5.74, 6) is 1.59. The quantitative estimate of drug-likeness (QED) is 0.403. The van der Waals surface area contributed by atoms with E-state index < -0.39 is 17.8 Å². The summed E-state index contributed by atoms with van der Waals surface area (Å²) >= 11 is 0. The average Bonchev–Trinajstić information content (AvgIpc) is 2.71. The molecule has 1 atom stereocenters. The number of hydrogen-bond donors (Lipinski definition) is 3. The van der Waals surface area contributed by atoms with Crippen LogP contribution in [0, 0.1) is 5.92 Å². The van der Waals surface area contributed by atoms with Gasteiger partial charge in [-0.3, -0.25) is 4.99 Å². The van der Waals surface area contributed by atoms with E-state index in [4.69, 9.17) is 4.74 Å². The van der Waals surface area contributed by atoms with E-state index in [9.17, 15) is 18.3 Å². The molecule has 1 aromatic rings. The molecule has 0 aromatic heterocycles. The molecule has 1 unspecified atom stereocenters. The fourth-order valence-corrected chi connectivity index (χ4v) is 3.47. The predicted octanol–water partition coefficient (Wildman–Crippen LogP) is 3.12. The monoisotopic (exact) mass is 444 g/mol. The number of aliphatic hydroxyl groups is 1. The predicted molar refractivity (Wildman–Crippen MR) is 116 cm³/mol. The number of likely N-dealkylation sites (tertiary alicyclic amines) is 1. The summed E-state index contributed by atoms with van der Waals surface area (Å²) < 4.78 is 43.2. The number of aliphatic imine (C=N–C) groups is 1. The zero-order chi connectivity index (χ0) is 22.9. The first-order chi connectivity index (χ1) is 14.7. The van der Waals surface area contributed by atoms with E-state index in [1.165, 1.54) is 12.1 Å². The van der Waals surface area contributed by atoms with Crippen molar-refractivity contribution >= 4 is 5.96 Å². The Bertz CT molecular complexity index is 672. The summed E-state index contributed by atoms with van der Waals surface area (Å²) in [6.07, 6.45) is -3.17. The van der Waals surface area contributed by atoms with Gasteiger partial charge < -0.3 is 25.4 Å². The van der Waals surface area contributed by atoms with Gasteiger partial charge in [0.15, 0.2) is 5.96 Å². The second-order valence-electron chi connectivity index (χ2n) is 8.32. The lowest BCUT2D eigenvalue weighted by atomic mass is 10.0. The van der Waals surface area contributed by atoms with E-state index in [1.807, 2.05) is 6.92 Å².